The zero-order valence-corrected chi connectivity index (χ0v) is 15.1. The smallest absolute Gasteiger partial charge is 0.407 e. The molecule has 1 aliphatic carbocycles. The van der Waals surface area contributed by atoms with Gasteiger partial charge in [-0.05, 0) is 31.6 Å². The Labute approximate surface area is 148 Å². The molecule has 5 atom stereocenters. The average Bonchev–Trinajstić information content (AvgIpc) is 3.06. The van der Waals surface area contributed by atoms with Crippen molar-refractivity contribution in [1.82, 2.24) is 20.9 Å². The van der Waals surface area contributed by atoms with E-state index < -0.39 is 17.8 Å². The zero-order chi connectivity index (χ0) is 18.4. The van der Waals surface area contributed by atoms with Crippen molar-refractivity contribution < 1.29 is 14.3 Å². The zero-order valence-electron chi connectivity index (χ0n) is 15.1. The van der Waals surface area contributed by atoms with Crippen LogP contribution < -0.4 is 16.0 Å². The molecule has 3 aliphatic rings. The summed E-state index contributed by atoms with van der Waals surface area (Å²) in [5, 5.41) is 9.30. The van der Waals surface area contributed by atoms with E-state index in [-0.39, 0.29) is 23.9 Å². The van der Waals surface area contributed by atoms with Gasteiger partial charge < -0.3 is 25.6 Å². The van der Waals surface area contributed by atoms with Crippen LogP contribution in [0.25, 0.3) is 0 Å². The number of alkyl carbamates (subject to hydrolysis) is 1. The SMILES string of the molecule is C#CC1=CNC(C)([C@@H]2C[C@H]3C[C@H]3N2C(=O)[C@@H](NC(=O)OC)C(C)C)N1. The highest BCUT2D eigenvalue weighted by Crippen LogP contribution is 2.50. The monoisotopic (exact) mass is 346 g/mol. The third-order valence-electron chi connectivity index (χ3n) is 5.48. The number of ether oxygens (including phenoxy) is 1. The first-order chi connectivity index (χ1) is 11.8. The molecule has 0 aromatic rings. The van der Waals surface area contributed by atoms with Gasteiger partial charge in [0.2, 0.25) is 5.91 Å². The van der Waals surface area contributed by atoms with Crippen molar-refractivity contribution in [2.45, 2.75) is 57.4 Å². The second-order valence-electron chi connectivity index (χ2n) is 7.59. The first kappa shape index (κ1) is 17.5. The Balaban J connectivity index is 1.80. The van der Waals surface area contributed by atoms with Gasteiger partial charge in [-0.1, -0.05) is 19.8 Å². The van der Waals surface area contributed by atoms with Crippen LogP contribution in [0.1, 0.15) is 33.6 Å². The predicted molar refractivity (Wildman–Crippen MR) is 92.9 cm³/mol. The summed E-state index contributed by atoms with van der Waals surface area (Å²) >= 11 is 0. The Morgan fingerprint density at radius 3 is 2.76 bits per heavy atom. The number of carbonyl (C=O) groups excluding carboxylic acids is 2. The number of piperidine rings is 1. The van der Waals surface area contributed by atoms with Gasteiger partial charge in [-0.25, -0.2) is 4.79 Å². The molecule has 0 bridgehead atoms. The van der Waals surface area contributed by atoms with Gasteiger partial charge in [-0.2, -0.15) is 0 Å². The third kappa shape index (κ3) is 3.01. The minimum atomic E-state index is -0.612. The quantitative estimate of drug-likeness (QED) is 0.654. The Morgan fingerprint density at radius 2 is 2.20 bits per heavy atom. The molecule has 0 spiro atoms. The molecule has 3 rings (SSSR count). The molecular formula is C18H26N4O3. The highest BCUT2D eigenvalue weighted by molar-refractivity contribution is 5.87. The van der Waals surface area contributed by atoms with Gasteiger partial charge in [-0.3, -0.25) is 4.79 Å². The van der Waals surface area contributed by atoms with E-state index in [1.807, 2.05) is 25.7 Å². The topological polar surface area (TPSA) is 82.7 Å². The average molecular weight is 346 g/mol. The second-order valence-corrected chi connectivity index (χ2v) is 7.59. The Hall–Kier alpha value is -2.36. The van der Waals surface area contributed by atoms with Crippen molar-refractivity contribution in [3.63, 3.8) is 0 Å². The van der Waals surface area contributed by atoms with Crippen molar-refractivity contribution in [3.8, 4) is 12.3 Å². The highest BCUT2D eigenvalue weighted by atomic mass is 16.5. The van der Waals surface area contributed by atoms with Crippen LogP contribution in [0, 0.1) is 24.2 Å². The molecule has 2 heterocycles. The van der Waals surface area contributed by atoms with E-state index in [2.05, 4.69) is 26.6 Å². The van der Waals surface area contributed by atoms with Gasteiger partial charge in [0.05, 0.1) is 13.2 Å². The lowest BCUT2D eigenvalue weighted by atomic mass is 9.96. The summed E-state index contributed by atoms with van der Waals surface area (Å²) in [6.07, 6.45) is 8.61. The second kappa shape index (κ2) is 6.17. The number of nitrogens with one attached hydrogen (secondary N) is 3. The number of carbonyl (C=O) groups is 2. The summed E-state index contributed by atoms with van der Waals surface area (Å²) in [5.41, 5.74) is 0.181. The molecule has 2 fully saturated rings. The highest BCUT2D eigenvalue weighted by Gasteiger charge is 2.60. The van der Waals surface area contributed by atoms with Crippen molar-refractivity contribution in [3.05, 3.63) is 11.9 Å². The van der Waals surface area contributed by atoms with Crippen LogP contribution in [0.15, 0.2) is 11.9 Å². The molecule has 2 amide bonds. The number of amides is 2. The van der Waals surface area contributed by atoms with Crippen molar-refractivity contribution >= 4 is 12.0 Å². The van der Waals surface area contributed by atoms with Crippen LogP contribution in [0.4, 0.5) is 4.79 Å². The summed E-state index contributed by atoms with van der Waals surface area (Å²) in [7, 11) is 1.30. The van der Waals surface area contributed by atoms with Gasteiger partial charge in [0, 0.05) is 12.2 Å². The van der Waals surface area contributed by atoms with Crippen LogP contribution in [0.3, 0.4) is 0 Å². The normalized spacial score (nSPS) is 33.5. The van der Waals surface area contributed by atoms with Gasteiger partial charge in [0.25, 0.3) is 0 Å². The van der Waals surface area contributed by atoms with E-state index in [0.29, 0.717) is 11.6 Å². The number of likely N-dealkylation sites (tertiary alicyclic amines) is 1. The van der Waals surface area contributed by atoms with Crippen LogP contribution in [-0.4, -0.2) is 47.8 Å². The van der Waals surface area contributed by atoms with Gasteiger partial charge in [-0.15, -0.1) is 6.42 Å². The first-order valence-corrected chi connectivity index (χ1v) is 8.70. The largest absolute Gasteiger partial charge is 0.453 e. The number of allylic oxidation sites excluding steroid dienone is 1. The van der Waals surface area contributed by atoms with E-state index in [1.54, 1.807) is 6.20 Å². The fraction of sp³-hybridized carbons (Fsp3) is 0.667. The summed E-state index contributed by atoms with van der Waals surface area (Å²) < 4.78 is 4.68. The molecule has 0 aromatic carbocycles. The maximum absolute atomic E-state index is 13.3. The lowest BCUT2D eigenvalue weighted by Crippen LogP contribution is -2.65. The molecule has 25 heavy (non-hydrogen) atoms. The maximum Gasteiger partial charge on any atom is 0.407 e. The van der Waals surface area contributed by atoms with Crippen LogP contribution in [-0.2, 0) is 9.53 Å². The standard InChI is InChI=1S/C18H26N4O3/c1-6-12-9-19-18(4,21-12)14-8-11-7-13(11)22(14)16(23)15(10(2)3)20-17(24)25-5/h1,9-11,13-15,19,21H,7-8H2,2-5H3,(H,20,24)/t11-,13-,14+,15+,18?/m1/s1. The maximum atomic E-state index is 13.3. The number of terminal acetylenes is 1. The molecule has 0 radical (unpaired) electrons. The van der Waals surface area contributed by atoms with Crippen molar-refractivity contribution in [2.24, 2.45) is 11.8 Å². The fourth-order valence-electron chi connectivity index (χ4n) is 3.98. The minimum Gasteiger partial charge on any atom is -0.453 e. The minimum absolute atomic E-state index is 0.0356. The molecule has 7 nitrogen and oxygen atoms in total. The van der Waals surface area contributed by atoms with Crippen LogP contribution in [0.5, 0.6) is 0 Å². The molecule has 136 valence electrons. The summed E-state index contributed by atoms with van der Waals surface area (Å²) in [6, 6.07) is -0.403. The Morgan fingerprint density at radius 1 is 1.48 bits per heavy atom. The lowest BCUT2D eigenvalue weighted by Gasteiger charge is -2.42. The fourth-order valence-corrected chi connectivity index (χ4v) is 3.98. The summed E-state index contributed by atoms with van der Waals surface area (Å²) in [4.78, 5) is 26.9. The van der Waals surface area contributed by atoms with Gasteiger partial charge in [0.1, 0.15) is 17.4 Å². The van der Waals surface area contributed by atoms with Gasteiger partial charge in [0.15, 0.2) is 0 Å². The molecular weight excluding hydrogens is 320 g/mol. The van der Waals surface area contributed by atoms with E-state index >= 15 is 0 Å². The molecule has 1 saturated heterocycles. The van der Waals surface area contributed by atoms with Crippen LogP contribution >= 0.6 is 0 Å². The van der Waals surface area contributed by atoms with Crippen LogP contribution in [0.2, 0.25) is 0 Å². The molecule has 1 saturated carbocycles. The van der Waals surface area contributed by atoms with E-state index in [9.17, 15) is 9.59 Å². The number of hydrogen-bond acceptors (Lipinski definition) is 5. The molecule has 1 unspecified atom stereocenters. The summed E-state index contributed by atoms with van der Waals surface area (Å²) in [6.45, 7) is 5.85. The van der Waals surface area contributed by atoms with E-state index in [0.717, 1.165) is 12.8 Å². The number of rotatable bonds is 4. The predicted octanol–water partition coefficient (Wildman–Crippen LogP) is 0.740. The molecule has 2 aliphatic heterocycles. The number of nitrogens with zero attached hydrogens (tertiary/aromatic N) is 1. The Kier molecular flexibility index (Phi) is 4.31. The molecule has 3 N–H and O–H groups in total. The number of hydrogen-bond donors (Lipinski definition) is 3. The van der Waals surface area contributed by atoms with E-state index in [4.69, 9.17) is 6.42 Å². The number of fused-ring (bicyclic) bond motifs is 1. The van der Waals surface area contributed by atoms with Crippen molar-refractivity contribution in [2.75, 3.05) is 7.11 Å². The van der Waals surface area contributed by atoms with Crippen molar-refractivity contribution in [1.29, 1.82) is 0 Å². The Bertz CT molecular complexity index is 653. The van der Waals surface area contributed by atoms with Gasteiger partial charge >= 0.3 is 6.09 Å². The summed E-state index contributed by atoms with van der Waals surface area (Å²) in [5.74, 6) is 3.02. The molecule has 0 aromatic heterocycles. The number of methoxy groups -OCH3 is 1. The lowest BCUT2D eigenvalue weighted by molar-refractivity contribution is -0.138. The third-order valence-corrected chi connectivity index (χ3v) is 5.48. The van der Waals surface area contributed by atoms with E-state index in [1.165, 1.54) is 7.11 Å². The first-order valence-electron chi connectivity index (χ1n) is 8.70. The molecule has 7 heteroatoms.